The van der Waals surface area contributed by atoms with E-state index in [4.69, 9.17) is 0 Å². The number of aryl methyl sites for hydroxylation is 1. The summed E-state index contributed by atoms with van der Waals surface area (Å²) in [6, 6.07) is 8.41. The first kappa shape index (κ1) is 12.1. The Bertz CT molecular complexity index is 794. The summed E-state index contributed by atoms with van der Waals surface area (Å²) in [5, 5.41) is 8.76. The van der Waals surface area contributed by atoms with Crippen LogP contribution in [0.3, 0.4) is 0 Å². The van der Waals surface area contributed by atoms with Crippen molar-refractivity contribution >= 4 is 22.5 Å². The predicted octanol–water partition coefficient (Wildman–Crippen LogP) is 1.80. The van der Waals surface area contributed by atoms with Gasteiger partial charge in [-0.1, -0.05) is 18.2 Å². The van der Waals surface area contributed by atoms with Crippen LogP contribution < -0.4 is 10.2 Å². The number of nitrogens with one attached hydrogen (secondary N) is 1. The quantitative estimate of drug-likeness (QED) is 0.736. The predicted molar refractivity (Wildman–Crippen MR) is 82.3 cm³/mol. The monoisotopic (exact) mass is 280 g/mol. The minimum atomic E-state index is 0.837. The van der Waals surface area contributed by atoms with E-state index in [0.29, 0.717) is 0 Å². The summed E-state index contributed by atoms with van der Waals surface area (Å²) in [6.07, 6.45) is 3.46. The Balaban J connectivity index is 1.79. The van der Waals surface area contributed by atoms with Crippen molar-refractivity contribution in [1.82, 2.24) is 19.7 Å². The second-order valence-electron chi connectivity index (χ2n) is 5.21. The van der Waals surface area contributed by atoms with E-state index in [2.05, 4.69) is 49.5 Å². The van der Waals surface area contributed by atoms with Gasteiger partial charge < -0.3 is 10.2 Å². The molecule has 1 aliphatic heterocycles. The fourth-order valence-corrected chi connectivity index (χ4v) is 2.82. The molecular formula is C15H16N6. The number of hydrogen-bond acceptors (Lipinski definition) is 5. The molecule has 0 amide bonds. The Labute approximate surface area is 122 Å². The van der Waals surface area contributed by atoms with Crippen molar-refractivity contribution in [2.75, 3.05) is 23.3 Å². The minimum absolute atomic E-state index is 0.837. The van der Waals surface area contributed by atoms with E-state index in [-0.39, 0.29) is 0 Å². The molecule has 0 atom stereocenters. The van der Waals surface area contributed by atoms with Crippen molar-refractivity contribution in [3.8, 4) is 0 Å². The molecule has 0 saturated heterocycles. The smallest absolute Gasteiger partial charge is 0.163 e. The van der Waals surface area contributed by atoms with E-state index in [1.54, 1.807) is 11.0 Å². The lowest BCUT2D eigenvalue weighted by molar-refractivity contribution is 0.783. The number of rotatable bonds is 1. The first-order valence-corrected chi connectivity index (χ1v) is 7.02. The van der Waals surface area contributed by atoms with E-state index in [1.165, 1.54) is 11.3 Å². The SMILES string of the molecule is Cn1ncc2c(N3CCNc4ccccc4C3)ncnc21. The highest BCUT2D eigenvalue weighted by molar-refractivity contribution is 5.86. The molecule has 3 heterocycles. The van der Waals surface area contributed by atoms with Crippen LogP contribution in [0.15, 0.2) is 36.8 Å². The van der Waals surface area contributed by atoms with Crippen LogP contribution >= 0.6 is 0 Å². The first-order valence-electron chi connectivity index (χ1n) is 7.02. The lowest BCUT2D eigenvalue weighted by Crippen LogP contribution is -2.26. The molecule has 0 radical (unpaired) electrons. The zero-order valence-corrected chi connectivity index (χ0v) is 11.8. The molecule has 106 valence electrons. The zero-order valence-electron chi connectivity index (χ0n) is 11.8. The first-order chi connectivity index (χ1) is 10.3. The van der Waals surface area contributed by atoms with Crippen molar-refractivity contribution in [2.24, 2.45) is 7.05 Å². The molecule has 4 rings (SSSR count). The second kappa shape index (κ2) is 4.73. The van der Waals surface area contributed by atoms with Crippen LogP contribution in [-0.2, 0) is 13.6 Å². The van der Waals surface area contributed by atoms with Crippen LogP contribution in [0.4, 0.5) is 11.5 Å². The average molecular weight is 280 g/mol. The van der Waals surface area contributed by atoms with Gasteiger partial charge in [0.25, 0.3) is 0 Å². The van der Waals surface area contributed by atoms with Crippen LogP contribution in [0.1, 0.15) is 5.56 Å². The number of hydrogen-bond donors (Lipinski definition) is 1. The number of aromatic nitrogens is 4. The second-order valence-corrected chi connectivity index (χ2v) is 5.21. The number of para-hydroxylation sites is 1. The Morgan fingerprint density at radius 2 is 2.10 bits per heavy atom. The third-order valence-electron chi connectivity index (χ3n) is 3.88. The molecule has 3 aromatic rings. The van der Waals surface area contributed by atoms with Crippen molar-refractivity contribution in [2.45, 2.75) is 6.54 Å². The number of fused-ring (bicyclic) bond motifs is 2. The number of benzene rings is 1. The van der Waals surface area contributed by atoms with E-state index < -0.39 is 0 Å². The van der Waals surface area contributed by atoms with Crippen LogP contribution in [0.2, 0.25) is 0 Å². The van der Waals surface area contributed by atoms with Gasteiger partial charge in [0.05, 0.1) is 11.6 Å². The Morgan fingerprint density at radius 1 is 1.19 bits per heavy atom. The molecule has 0 spiro atoms. The Kier molecular flexibility index (Phi) is 2.73. The van der Waals surface area contributed by atoms with E-state index >= 15 is 0 Å². The molecule has 0 saturated carbocycles. The van der Waals surface area contributed by atoms with Crippen LogP contribution in [0.5, 0.6) is 0 Å². The van der Waals surface area contributed by atoms with Crippen molar-refractivity contribution < 1.29 is 0 Å². The topological polar surface area (TPSA) is 58.9 Å². The minimum Gasteiger partial charge on any atom is -0.383 e. The molecule has 1 aliphatic rings. The molecule has 0 fully saturated rings. The summed E-state index contributed by atoms with van der Waals surface area (Å²) in [4.78, 5) is 11.1. The van der Waals surface area contributed by atoms with Crippen molar-refractivity contribution in [3.05, 3.63) is 42.4 Å². The fraction of sp³-hybridized carbons (Fsp3) is 0.267. The van der Waals surface area contributed by atoms with Gasteiger partial charge >= 0.3 is 0 Å². The van der Waals surface area contributed by atoms with Gasteiger partial charge in [-0.15, -0.1) is 0 Å². The molecule has 21 heavy (non-hydrogen) atoms. The molecule has 1 N–H and O–H groups in total. The highest BCUT2D eigenvalue weighted by Gasteiger charge is 2.18. The van der Waals surface area contributed by atoms with Gasteiger partial charge in [-0.2, -0.15) is 5.10 Å². The van der Waals surface area contributed by atoms with E-state index in [9.17, 15) is 0 Å². The molecule has 0 bridgehead atoms. The largest absolute Gasteiger partial charge is 0.383 e. The summed E-state index contributed by atoms with van der Waals surface area (Å²) in [6.45, 7) is 2.63. The summed E-state index contributed by atoms with van der Waals surface area (Å²) in [5.74, 6) is 0.951. The lowest BCUT2D eigenvalue weighted by atomic mass is 10.1. The van der Waals surface area contributed by atoms with E-state index in [1.807, 2.05) is 13.2 Å². The zero-order chi connectivity index (χ0) is 14.2. The molecule has 1 aromatic carbocycles. The standard InChI is InChI=1S/C15H16N6/c1-20-14-12(8-19-20)15(18-10-17-14)21-7-6-16-13-5-3-2-4-11(13)9-21/h2-5,8,10,16H,6-7,9H2,1H3. The van der Waals surface area contributed by atoms with Gasteiger partial charge in [0.2, 0.25) is 0 Å². The van der Waals surface area contributed by atoms with Gasteiger partial charge in [-0.25, -0.2) is 9.97 Å². The average Bonchev–Trinajstić information content (AvgIpc) is 2.77. The summed E-state index contributed by atoms with van der Waals surface area (Å²) < 4.78 is 1.78. The maximum absolute atomic E-state index is 4.49. The number of nitrogens with zero attached hydrogens (tertiary/aromatic N) is 5. The molecular weight excluding hydrogens is 264 g/mol. The van der Waals surface area contributed by atoms with Crippen LogP contribution in [0.25, 0.3) is 11.0 Å². The maximum Gasteiger partial charge on any atom is 0.163 e. The third kappa shape index (κ3) is 1.99. The Morgan fingerprint density at radius 3 is 3.05 bits per heavy atom. The fourth-order valence-electron chi connectivity index (χ4n) is 2.82. The highest BCUT2D eigenvalue weighted by atomic mass is 15.3. The maximum atomic E-state index is 4.49. The summed E-state index contributed by atoms with van der Waals surface area (Å²) in [5.41, 5.74) is 3.35. The van der Waals surface area contributed by atoms with Crippen molar-refractivity contribution in [1.29, 1.82) is 0 Å². The molecule has 0 unspecified atom stereocenters. The number of anilines is 2. The normalized spacial score (nSPS) is 14.6. The summed E-state index contributed by atoms with van der Waals surface area (Å²) in [7, 11) is 1.90. The molecule has 0 aliphatic carbocycles. The van der Waals surface area contributed by atoms with Crippen LogP contribution in [-0.4, -0.2) is 32.8 Å². The third-order valence-corrected chi connectivity index (χ3v) is 3.88. The molecule has 6 nitrogen and oxygen atoms in total. The lowest BCUT2D eigenvalue weighted by Gasteiger charge is -2.21. The summed E-state index contributed by atoms with van der Waals surface area (Å²) >= 11 is 0. The Hall–Kier alpha value is -2.63. The van der Waals surface area contributed by atoms with Gasteiger partial charge in [0.15, 0.2) is 5.65 Å². The van der Waals surface area contributed by atoms with Gasteiger partial charge in [-0.3, -0.25) is 4.68 Å². The highest BCUT2D eigenvalue weighted by Crippen LogP contribution is 2.27. The van der Waals surface area contributed by atoms with Crippen LogP contribution in [0, 0.1) is 0 Å². The van der Waals surface area contributed by atoms with Gasteiger partial charge in [-0.05, 0) is 11.6 Å². The molecule has 2 aromatic heterocycles. The van der Waals surface area contributed by atoms with Crippen molar-refractivity contribution in [3.63, 3.8) is 0 Å². The van der Waals surface area contributed by atoms with Gasteiger partial charge in [0, 0.05) is 32.4 Å². The van der Waals surface area contributed by atoms with Gasteiger partial charge in [0.1, 0.15) is 12.1 Å². The molecule has 6 heteroatoms. The van der Waals surface area contributed by atoms with E-state index in [0.717, 1.165) is 36.5 Å².